The van der Waals surface area contributed by atoms with E-state index in [1.165, 1.54) is 0 Å². The molecule has 0 radical (unpaired) electrons. The van der Waals surface area contributed by atoms with Crippen LogP contribution >= 0.6 is 12.6 Å². The fourth-order valence-corrected chi connectivity index (χ4v) is 1.08. The highest BCUT2D eigenvalue weighted by Gasteiger charge is 2.06. The van der Waals surface area contributed by atoms with E-state index < -0.39 is 0 Å². The van der Waals surface area contributed by atoms with E-state index in [4.69, 9.17) is 9.47 Å². The maximum absolute atomic E-state index is 5.07. The number of ether oxygens (including phenoxy) is 2. The van der Waals surface area contributed by atoms with Gasteiger partial charge in [-0.25, -0.2) is 4.98 Å². The van der Waals surface area contributed by atoms with Gasteiger partial charge in [0.2, 0.25) is 5.88 Å². The highest BCUT2D eigenvalue weighted by molar-refractivity contribution is 7.80. The first kappa shape index (κ1) is 9.19. The second-order valence-electron chi connectivity index (χ2n) is 2.30. The summed E-state index contributed by atoms with van der Waals surface area (Å²) in [6.45, 7) is 1.85. The fraction of sp³-hybridized carbons (Fsp3) is 0.375. The van der Waals surface area contributed by atoms with Crippen molar-refractivity contribution in [2.45, 2.75) is 11.8 Å². The van der Waals surface area contributed by atoms with Gasteiger partial charge in [0.15, 0.2) is 0 Å². The van der Waals surface area contributed by atoms with Crippen molar-refractivity contribution in [1.29, 1.82) is 0 Å². The quantitative estimate of drug-likeness (QED) is 0.711. The Morgan fingerprint density at radius 3 is 2.50 bits per heavy atom. The van der Waals surface area contributed by atoms with Gasteiger partial charge in [-0.1, -0.05) is 0 Å². The van der Waals surface area contributed by atoms with Crippen LogP contribution in [0.15, 0.2) is 11.0 Å². The van der Waals surface area contributed by atoms with E-state index in [-0.39, 0.29) is 0 Å². The molecular weight excluding hydrogens is 174 g/mol. The van der Waals surface area contributed by atoms with Crippen LogP contribution in [-0.2, 0) is 0 Å². The van der Waals surface area contributed by atoms with E-state index in [0.29, 0.717) is 11.6 Å². The van der Waals surface area contributed by atoms with Crippen LogP contribution in [0.3, 0.4) is 0 Å². The van der Waals surface area contributed by atoms with Gasteiger partial charge in [0.1, 0.15) is 5.75 Å². The van der Waals surface area contributed by atoms with Gasteiger partial charge >= 0.3 is 0 Å². The molecule has 0 amide bonds. The number of nitrogens with zero attached hydrogens (tertiary/aromatic N) is 1. The van der Waals surface area contributed by atoms with Gasteiger partial charge in [0.25, 0.3) is 0 Å². The summed E-state index contributed by atoms with van der Waals surface area (Å²) in [6.07, 6.45) is 0. The van der Waals surface area contributed by atoms with Crippen LogP contribution in [0.2, 0.25) is 0 Å². The monoisotopic (exact) mass is 185 g/mol. The molecule has 0 unspecified atom stereocenters. The minimum Gasteiger partial charge on any atom is -0.495 e. The van der Waals surface area contributed by atoms with Crippen molar-refractivity contribution in [3.05, 3.63) is 11.8 Å². The van der Waals surface area contributed by atoms with Gasteiger partial charge in [-0.2, -0.15) is 0 Å². The molecule has 3 nitrogen and oxygen atoms in total. The van der Waals surface area contributed by atoms with Gasteiger partial charge in [0, 0.05) is 6.07 Å². The normalized spacial score (nSPS) is 9.67. The molecule has 0 aliphatic heterocycles. The third-order valence-electron chi connectivity index (χ3n) is 1.54. The maximum Gasteiger partial charge on any atom is 0.216 e. The van der Waals surface area contributed by atoms with E-state index >= 15 is 0 Å². The zero-order chi connectivity index (χ0) is 9.14. The van der Waals surface area contributed by atoms with Crippen LogP contribution in [0.4, 0.5) is 0 Å². The van der Waals surface area contributed by atoms with Crippen molar-refractivity contribution in [3.63, 3.8) is 0 Å². The molecule has 0 atom stereocenters. The van der Waals surface area contributed by atoms with Crippen molar-refractivity contribution >= 4 is 12.6 Å². The molecule has 66 valence electrons. The average molecular weight is 185 g/mol. The number of aryl methyl sites for hydroxylation is 1. The van der Waals surface area contributed by atoms with E-state index in [1.807, 2.05) is 6.92 Å². The van der Waals surface area contributed by atoms with Crippen molar-refractivity contribution in [1.82, 2.24) is 4.98 Å². The number of hydrogen-bond acceptors (Lipinski definition) is 4. The lowest BCUT2D eigenvalue weighted by atomic mass is 10.3. The van der Waals surface area contributed by atoms with Gasteiger partial charge in [-0.15, -0.1) is 12.6 Å². The largest absolute Gasteiger partial charge is 0.495 e. The highest BCUT2D eigenvalue weighted by Crippen LogP contribution is 2.27. The third-order valence-corrected chi connectivity index (χ3v) is 2.08. The lowest BCUT2D eigenvalue weighted by Gasteiger charge is -2.07. The number of pyridine rings is 1. The first-order valence-corrected chi connectivity index (χ1v) is 3.92. The minimum absolute atomic E-state index is 0.544. The van der Waals surface area contributed by atoms with Gasteiger partial charge in [0.05, 0.1) is 24.8 Å². The summed E-state index contributed by atoms with van der Waals surface area (Å²) in [6, 6.07) is 1.70. The molecule has 0 aliphatic carbocycles. The summed E-state index contributed by atoms with van der Waals surface area (Å²) in [5.41, 5.74) is 0.800. The predicted molar refractivity (Wildman–Crippen MR) is 49.3 cm³/mol. The molecule has 12 heavy (non-hydrogen) atoms. The molecule has 0 spiro atoms. The Morgan fingerprint density at radius 2 is 2.00 bits per heavy atom. The van der Waals surface area contributed by atoms with Gasteiger partial charge in [-0.3, -0.25) is 0 Å². The van der Waals surface area contributed by atoms with Crippen LogP contribution in [-0.4, -0.2) is 19.2 Å². The van der Waals surface area contributed by atoms with Crippen molar-refractivity contribution in [2.24, 2.45) is 0 Å². The van der Waals surface area contributed by atoms with Crippen LogP contribution in [0, 0.1) is 6.92 Å². The molecular formula is C8H11NO2S. The molecule has 1 aromatic heterocycles. The topological polar surface area (TPSA) is 31.4 Å². The molecule has 0 aromatic carbocycles. The molecule has 0 bridgehead atoms. The highest BCUT2D eigenvalue weighted by atomic mass is 32.1. The molecule has 0 saturated carbocycles. The Kier molecular flexibility index (Phi) is 2.81. The number of aromatic nitrogens is 1. The van der Waals surface area contributed by atoms with Gasteiger partial charge < -0.3 is 9.47 Å². The summed E-state index contributed by atoms with van der Waals surface area (Å²) >= 11 is 4.23. The number of hydrogen-bond donors (Lipinski definition) is 1. The molecule has 0 saturated heterocycles. The average Bonchev–Trinajstić information content (AvgIpc) is 2.09. The summed E-state index contributed by atoms with van der Waals surface area (Å²) in [4.78, 5) is 4.87. The molecule has 0 aliphatic rings. The second kappa shape index (κ2) is 3.67. The number of rotatable bonds is 2. The zero-order valence-electron chi connectivity index (χ0n) is 7.29. The Bertz CT molecular complexity index is 289. The fourth-order valence-electron chi connectivity index (χ4n) is 0.869. The first-order valence-electron chi connectivity index (χ1n) is 3.47. The van der Waals surface area contributed by atoms with E-state index in [0.717, 1.165) is 10.6 Å². The summed E-state index contributed by atoms with van der Waals surface area (Å²) in [5, 5.41) is 0. The summed E-state index contributed by atoms with van der Waals surface area (Å²) in [7, 11) is 3.16. The Morgan fingerprint density at radius 1 is 1.33 bits per heavy atom. The number of thiol groups is 1. The SMILES string of the molecule is COc1cc(OC)c(S)c(C)n1. The lowest BCUT2D eigenvalue weighted by Crippen LogP contribution is -1.94. The van der Waals surface area contributed by atoms with Crippen molar-refractivity contribution < 1.29 is 9.47 Å². The molecule has 1 aromatic rings. The maximum atomic E-state index is 5.07. The Labute approximate surface area is 77.1 Å². The first-order chi connectivity index (χ1) is 5.69. The minimum atomic E-state index is 0.544. The molecule has 0 fully saturated rings. The summed E-state index contributed by atoms with van der Waals surface area (Å²) in [5.74, 6) is 1.23. The van der Waals surface area contributed by atoms with Crippen LogP contribution in [0.25, 0.3) is 0 Å². The van der Waals surface area contributed by atoms with E-state index in [2.05, 4.69) is 17.6 Å². The second-order valence-corrected chi connectivity index (χ2v) is 2.75. The predicted octanol–water partition coefficient (Wildman–Crippen LogP) is 1.70. The Balaban J connectivity index is 3.19. The lowest BCUT2D eigenvalue weighted by molar-refractivity contribution is 0.375. The molecule has 4 heteroatoms. The van der Waals surface area contributed by atoms with Crippen LogP contribution in [0.5, 0.6) is 11.6 Å². The summed E-state index contributed by atoms with van der Waals surface area (Å²) < 4.78 is 10.0. The van der Waals surface area contributed by atoms with Crippen LogP contribution in [0.1, 0.15) is 5.69 Å². The number of methoxy groups -OCH3 is 2. The molecule has 1 heterocycles. The molecule has 1 rings (SSSR count). The Hall–Kier alpha value is -0.900. The van der Waals surface area contributed by atoms with E-state index in [9.17, 15) is 0 Å². The smallest absolute Gasteiger partial charge is 0.216 e. The standard InChI is InChI=1S/C8H11NO2S/c1-5-8(12)6(10-2)4-7(9-5)11-3/h4,12H,1-3H3. The van der Waals surface area contributed by atoms with Gasteiger partial charge in [-0.05, 0) is 6.92 Å². The zero-order valence-corrected chi connectivity index (χ0v) is 8.18. The van der Waals surface area contributed by atoms with E-state index in [1.54, 1.807) is 20.3 Å². The van der Waals surface area contributed by atoms with Crippen LogP contribution < -0.4 is 9.47 Å². The van der Waals surface area contributed by atoms with Crippen molar-refractivity contribution in [3.8, 4) is 11.6 Å². The molecule has 0 N–H and O–H groups in total. The third kappa shape index (κ3) is 1.64. The van der Waals surface area contributed by atoms with Crippen molar-refractivity contribution in [2.75, 3.05) is 14.2 Å².